The fourth-order valence-electron chi connectivity index (χ4n) is 1.41. The van der Waals surface area contributed by atoms with Crippen molar-refractivity contribution in [3.05, 3.63) is 58.9 Å². The van der Waals surface area contributed by atoms with Crippen LogP contribution in [0.2, 0.25) is 5.02 Å². The molecule has 2 aromatic rings. The summed E-state index contributed by atoms with van der Waals surface area (Å²) in [6.45, 7) is 0. The van der Waals surface area contributed by atoms with E-state index in [0.717, 1.165) is 17.7 Å². The Hall–Kier alpha value is -2.08. The highest BCUT2D eigenvalue weighted by Gasteiger charge is 2.30. The van der Waals surface area contributed by atoms with Gasteiger partial charge in [0.1, 0.15) is 0 Å². The highest BCUT2D eigenvalue weighted by atomic mass is 35.5. The number of halogens is 4. The van der Waals surface area contributed by atoms with Crippen LogP contribution in [0.1, 0.15) is 11.1 Å². The molecule has 0 aliphatic rings. The van der Waals surface area contributed by atoms with Crippen LogP contribution in [0, 0.1) is 0 Å². The summed E-state index contributed by atoms with van der Waals surface area (Å²) in [5.41, 5.74) is 2.55. The molecule has 0 aliphatic carbocycles. The quantitative estimate of drug-likeness (QED) is 0.681. The molecule has 1 aromatic heterocycles. The first-order valence-corrected chi connectivity index (χ1v) is 5.90. The number of hydrogen-bond acceptors (Lipinski definition) is 3. The smallest absolute Gasteiger partial charge is 0.277 e. The van der Waals surface area contributed by atoms with Crippen molar-refractivity contribution in [2.45, 2.75) is 6.18 Å². The van der Waals surface area contributed by atoms with E-state index in [2.05, 4.69) is 15.5 Å². The number of alkyl halides is 3. The van der Waals surface area contributed by atoms with Gasteiger partial charge in [-0.05, 0) is 35.9 Å². The molecule has 2 rings (SSSR count). The first-order valence-electron chi connectivity index (χ1n) is 5.52. The molecule has 0 fully saturated rings. The summed E-state index contributed by atoms with van der Waals surface area (Å²) in [5.74, 6) is 0. The third-order valence-corrected chi connectivity index (χ3v) is 2.73. The highest BCUT2D eigenvalue weighted by Crippen LogP contribution is 2.33. The van der Waals surface area contributed by atoms with E-state index in [0.29, 0.717) is 0 Å². The van der Waals surface area contributed by atoms with Crippen LogP contribution in [0.5, 0.6) is 0 Å². The Labute approximate surface area is 118 Å². The first-order chi connectivity index (χ1) is 9.47. The van der Waals surface area contributed by atoms with E-state index in [1.165, 1.54) is 12.3 Å². The summed E-state index contributed by atoms with van der Waals surface area (Å²) in [5, 5.41) is 4.00. The number of hydrogen-bond donors (Lipinski definition) is 1. The average molecular weight is 300 g/mol. The van der Waals surface area contributed by atoms with Crippen molar-refractivity contribution >= 4 is 23.5 Å². The van der Waals surface area contributed by atoms with Crippen LogP contribution < -0.4 is 5.43 Å². The number of nitrogens with zero attached hydrogens (tertiary/aromatic N) is 2. The molecule has 1 aromatic carbocycles. The maximum Gasteiger partial charge on any atom is 0.416 e. The van der Waals surface area contributed by atoms with Crippen molar-refractivity contribution < 1.29 is 13.2 Å². The predicted octanol–water partition coefficient (Wildman–Crippen LogP) is 4.20. The lowest BCUT2D eigenvalue weighted by molar-refractivity contribution is -0.137. The van der Waals surface area contributed by atoms with Crippen LogP contribution in [0.3, 0.4) is 0 Å². The molecule has 20 heavy (non-hydrogen) atoms. The van der Waals surface area contributed by atoms with E-state index < -0.39 is 11.7 Å². The van der Waals surface area contributed by atoms with Crippen molar-refractivity contribution in [2.75, 3.05) is 5.43 Å². The molecule has 1 N–H and O–H groups in total. The van der Waals surface area contributed by atoms with Crippen LogP contribution in [0.15, 0.2) is 47.8 Å². The van der Waals surface area contributed by atoms with Gasteiger partial charge in [0, 0.05) is 12.4 Å². The molecule has 0 amide bonds. The van der Waals surface area contributed by atoms with E-state index in [-0.39, 0.29) is 10.7 Å². The van der Waals surface area contributed by atoms with Crippen molar-refractivity contribution in [1.29, 1.82) is 0 Å². The number of rotatable bonds is 3. The van der Waals surface area contributed by atoms with Gasteiger partial charge < -0.3 is 0 Å². The Balaban J connectivity index is 2.15. The Morgan fingerprint density at radius 1 is 1.15 bits per heavy atom. The van der Waals surface area contributed by atoms with Crippen molar-refractivity contribution in [2.24, 2.45) is 5.10 Å². The van der Waals surface area contributed by atoms with Gasteiger partial charge in [0.15, 0.2) is 0 Å². The minimum Gasteiger partial charge on any atom is -0.277 e. The minimum absolute atomic E-state index is 0.0896. The average Bonchev–Trinajstić information content (AvgIpc) is 2.41. The summed E-state index contributed by atoms with van der Waals surface area (Å²) in [6, 6.07) is 6.42. The van der Waals surface area contributed by atoms with Crippen molar-refractivity contribution in [3.8, 4) is 0 Å². The van der Waals surface area contributed by atoms with Crippen LogP contribution in [-0.2, 0) is 6.18 Å². The Bertz CT molecular complexity index is 612. The van der Waals surface area contributed by atoms with Gasteiger partial charge in [-0.1, -0.05) is 11.6 Å². The van der Waals surface area contributed by atoms with Crippen LogP contribution in [-0.4, -0.2) is 11.2 Å². The largest absolute Gasteiger partial charge is 0.416 e. The second-order valence-electron chi connectivity index (χ2n) is 3.84. The molecule has 0 aliphatic heterocycles. The fraction of sp³-hybridized carbons (Fsp3) is 0.0769. The third kappa shape index (κ3) is 3.71. The van der Waals surface area contributed by atoms with Crippen LogP contribution in [0.25, 0.3) is 0 Å². The molecule has 7 heteroatoms. The number of aromatic nitrogens is 1. The van der Waals surface area contributed by atoms with Crippen LogP contribution >= 0.6 is 11.6 Å². The van der Waals surface area contributed by atoms with Gasteiger partial charge in [-0.25, -0.2) is 0 Å². The van der Waals surface area contributed by atoms with Gasteiger partial charge in [-0.2, -0.15) is 18.3 Å². The lowest BCUT2D eigenvalue weighted by Crippen LogP contribution is -2.05. The Morgan fingerprint density at radius 2 is 1.85 bits per heavy atom. The lowest BCUT2D eigenvalue weighted by atomic mass is 10.2. The van der Waals surface area contributed by atoms with Gasteiger partial charge in [0.25, 0.3) is 0 Å². The lowest BCUT2D eigenvalue weighted by Gasteiger charge is -2.09. The molecule has 1 heterocycles. The molecule has 104 valence electrons. The van der Waals surface area contributed by atoms with E-state index in [4.69, 9.17) is 11.6 Å². The summed E-state index contributed by atoms with van der Waals surface area (Å²) >= 11 is 5.81. The zero-order valence-corrected chi connectivity index (χ0v) is 10.8. The minimum atomic E-state index is -4.42. The van der Waals surface area contributed by atoms with Gasteiger partial charge in [-0.3, -0.25) is 10.4 Å². The second kappa shape index (κ2) is 5.92. The summed E-state index contributed by atoms with van der Waals surface area (Å²) in [4.78, 5) is 3.84. The van der Waals surface area contributed by atoms with Crippen LogP contribution in [0.4, 0.5) is 18.9 Å². The van der Waals surface area contributed by atoms with Crippen molar-refractivity contribution in [1.82, 2.24) is 4.98 Å². The Kier molecular flexibility index (Phi) is 4.24. The van der Waals surface area contributed by atoms with Gasteiger partial charge in [0.05, 0.1) is 22.5 Å². The molecule has 0 radical (unpaired) electrons. The number of hydrazone groups is 1. The normalized spacial score (nSPS) is 11.8. The second-order valence-corrected chi connectivity index (χ2v) is 4.25. The monoisotopic (exact) mass is 299 g/mol. The van der Waals surface area contributed by atoms with E-state index in [1.54, 1.807) is 24.5 Å². The van der Waals surface area contributed by atoms with E-state index in [9.17, 15) is 13.2 Å². The highest BCUT2D eigenvalue weighted by molar-refractivity contribution is 6.33. The number of nitrogens with one attached hydrogen (secondary N) is 1. The molecule has 3 nitrogen and oxygen atoms in total. The number of benzene rings is 1. The number of pyridine rings is 1. The Morgan fingerprint density at radius 3 is 2.50 bits per heavy atom. The molecular formula is C13H9ClF3N3. The number of anilines is 1. The van der Waals surface area contributed by atoms with Gasteiger partial charge >= 0.3 is 6.18 Å². The molecule has 0 unspecified atom stereocenters. The SMILES string of the molecule is FC(F)(F)c1ccc(Cl)c(NN=Cc2ccncc2)c1. The predicted molar refractivity (Wildman–Crippen MR) is 71.9 cm³/mol. The summed E-state index contributed by atoms with van der Waals surface area (Å²) in [7, 11) is 0. The summed E-state index contributed by atoms with van der Waals surface area (Å²) in [6.07, 6.45) is 0.200. The first kappa shape index (κ1) is 14.3. The summed E-state index contributed by atoms with van der Waals surface area (Å²) < 4.78 is 37.7. The van der Waals surface area contributed by atoms with E-state index in [1.807, 2.05) is 0 Å². The molecule has 0 saturated carbocycles. The van der Waals surface area contributed by atoms with E-state index >= 15 is 0 Å². The fourth-order valence-corrected chi connectivity index (χ4v) is 1.57. The zero-order chi connectivity index (χ0) is 14.6. The molecule has 0 bridgehead atoms. The molecule has 0 spiro atoms. The molecule has 0 atom stereocenters. The van der Waals surface area contributed by atoms with Gasteiger partial charge in [0.2, 0.25) is 0 Å². The molecule has 0 saturated heterocycles. The zero-order valence-electron chi connectivity index (χ0n) is 10.0. The topological polar surface area (TPSA) is 37.3 Å². The molecular weight excluding hydrogens is 291 g/mol. The standard InChI is InChI=1S/C13H9ClF3N3/c14-11-2-1-10(13(15,16)17)7-12(11)20-19-8-9-3-5-18-6-4-9/h1-8,20H. The third-order valence-electron chi connectivity index (χ3n) is 2.40. The van der Waals surface area contributed by atoms with Gasteiger partial charge in [-0.15, -0.1) is 0 Å². The van der Waals surface area contributed by atoms with Crippen molar-refractivity contribution in [3.63, 3.8) is 0 Å². The maximum atomic E-state index is 12.6. The maximum absolute atomic E-state index is 12.6.